The molecular weight excluding hydrogens is 522 g/mol. The van der Waals surface area contributed by atoms with Crippen LogP contribution in [-0.4, -0.2) is 54.6 Å². The fourth-order valence-electron chi connectivity index (χ4n) is 5.59. The van der Waals surface area contributed by atoms with Crippen LogP contribution in [0.4, 0.5) is 10.5 Å². The molecule has 1 aliphatic heterocycles. The zero-order valence-electron chi connectivity index (χ0n) is 23.1. The predicted octanol–water partition coefficient (Wildman–Crippen LogP) is 5.20. The van der Waals surface area contributed by atoms with Crippen LogP contribution in [0.2, 0.25) is 0 Å². The molecule has 3 amide bonds. The van der Waals surface area contributed by atoms with Crippen LogP contribution in [0.5, 0.6) is 0 Å². The highest BCUT2D eigenvalue weighted by Crippen LogP contribution is 2.44. The molecule has 2 atom stereocenters. The van der Waals surface area contributed by atoms with E-state index in [0.717, 1.165) is 33.7 Å². The van der Waals surface area contributed by atoms with Gasteiger partial charge in [0.15, 0.2) is 0 Å². The second-order valence-electron chi connectivity index (χ2n) is 10.8. The lowest BCUT2D eigenvalue weighted by atomic mass is 9.94. The van der Waals surface area contributed by atoms with Crippen molar-refractivity contribution in [2.45, 2.75) is 37.8 Å². The maximum atomic E-state index is 13.7. The number of hydrogen-bond donors (Lipinski definition) is 2. The van der Waals surface area contributed by atoms with Crippen molar-refractivity contribution in [1.29, 1.82) is 0 Å². The fraction of sp³-hybridized carbons (Fsp3) is 0.344. The number of rotatable bonds is 8. The van der Waals surface area contributed by atoms with Gasteiger partial charge in [-0.25, -0.2) is 4.79 Å². The zero-order valence-corrected chi connectivity index (χ0v) is 23.9. The molecule has 7 nitrogen and oxygen atoms in total. The number of likely N-dealkylation sites (N-methyl/N-ethyl adjacent to an activating group) is 1. The number of nitrogens with zero attached hydrogens (tertiary/aromatic N) is 1. The van der Waals surface area contributed by atoms with Crippen LogP contribution in [0.1, 0.15) is 37.3 Å². The van der Waals surface area contributed by atoms with Crippen molar-refractivity contribution in [3.05, 3.63) is 90.0 Å². The first kappa shape index (κ1) is 27.8. The average Bonchev–Trinajstić information content (AvgIpc) is 3.57. The summed E-state index contributed by atoms with van der Waals surface area (Å²) in [6.45, 7) is 3.89. The highest BCUT2D eigenvalue weighted by Gasteiger charge is 2.46. The first-order valence-electron chi connectivity index (χ1n) is 13.7. The maximum Gasteiger partial charge on any atom is 0.407 e. The van der Waals surface area contributed by atoms with Gasteiger partial charge in [-0.05, 0) is 52.5 Å². The lowest BCUT2D eigenvalue weighted by Crippen LogP contribution is -2.63. The Morgan fingerprint density at radius 3 is 2.12 bits per heavy atom. The topological polar surface area (TPSA) is 87.7 Å². The van der Waals surface area contributed by atoms with Crippen molar-refractivity contribution < 1.29 is 19.1 Å². The number of hydrogen-bond acceptors (Lipinski definition) is 5. The minimum absolute atomic E-state index is 0.0746. The van der Waals surface area contributed by atoms with Crippen LogP contribution in [0.25, 0.3) is 11.1 Å². The van der Waals surface area contributed by atoms with E-state index in [1.807, 2.05) is 68.4 Å². The smallest absolute Gasteiger partial charge is 0.407 e. The third kappa shape index (κ3) is 5.45. The summed E-state index contributed by atoms with van der Waals surface area (Å²) in [6.07, 6.45) is -0.131. The number of benzene rings is 3. The van der Waals surface area contributed by atoms with Crippen LogP contribution in [0.3, 0.4) is 0 Å². The van der Waals surface area contributed by atoms with E-state index in [9.17, 15) is 14.4 Å². The number of ether oxygens (including phenoxy) is 1. The van der Waals surface area contributed by atoms with E-state index in [4.69, 9.17) is 4.74 Å². The molecule has 2 aliphatic rings. The van der Waals surface area contributed by atoms with Gasteiger partial charge in [0.05, 0.1) is 0 Å². The highest BCUT2D eigenvalue weighted by atomic mass is 32.2. The van der Waals surface area contributed by atoms with Crippen molar-refractivity contribution in [3.63, 3.8) is 0 Å². The van der Waals surface area contributed by atoms with Gasteiger partial charge in [-0.15, -0.1) is 0 Å². The summed E-state index contributed by atoms with van der Waals surface area (Å²) in [5.41, 5.74) is 4.26. The number of amides is 3. The lowest BCUT2D eigenvalue weighted by molar-refractivity contribution is -0.132. The first-order chi connectivity index (χ1) is 19.3. The summed E-state index contributed by atoms with van der Waals surface area (Å²) in [6, 6.07) is 24.8. The molecule has 1 saturated heterocycles. The molecule has 208 valence electrons. The molecule has 1 fully saturated rings. The monoisotopic (exact) mass is 557 g/mol. The Labute approximate surface area is 239 Å². The highest BCUT2D eigenvalue weighted by molar-refractivity contribution is 7.99. The van der Waals surface area contributed by atoms with E-state index in [2.05, 4.69) is 34.9 Å². The molecule has 0 spiro atoms. The van der Waals surface area contributed by atoms with Crippen LogP contribution in [-0.2, 0) is 14.3 Å². The molecule has 5 rings (SSSR count). The molecule has 40 heavy (non-hydrogen) atoms. The van der Waals surface area contributed by atoms with Gasteiger partial charge in [0.2, 0.25) is 5.91 Å². The average molecular weight is 558 g/mol. The van der Waals surface area contributed by atoms with Crippen LogP contribution < -0.4 is 15.5 Å². The Morgan fingerprint density at radius 1 is 0.950 bits per heavy atom. The van der Waals surface area contributed by atoms with Gasteiger partial charge in [0.25, 0.3) is 5.91 Å². The van der Waals surface area contributed by atoms with Gasteiger partial charge >= 0.3 is 6.09 Å². The van der Waals surface area contributed by atoms with Gasteiger partial charge in [-0.3, -0.25) is 9.59 Å². The van der Waals surface area contributed by atoms with Gasteiger partial charge < -0.3 is 20.3 Å². The van der Waals surface area contributed by atoms with Gasteiger partial charge in [0, 0.05) is 24.4 Å². The van der Waals surface area contributed by atoms with Crippen molar-refractivity contribution in [2.24, 2.45) is 5.92 Å². The Balaban J connectivity index is 1.26. The minimum atomic E-state index is -1.04. The molecule has 3 aromatic rings. The number of alkyl carbamates (subject to hydrolysis) is 1. The Kier molecular flexibility index (Phi) is 8.17. The largest absolute Gasteiger partial charge is 0.449 e. The summed E-state index contributed by atoms with van der Waals surface area (Å²) >= 11 is 1.63. The number of para-hydroxylation sites is 1. The third-order valence-electron chi connectivity index (χ3n) is 7.81. The number of thioether (sulfide) groups is 1. The number of nitrogens with one attached hydrogen (secondary N) is 2. The van der Waals surface area contributed by atoms with E-state index in [-0.39, 0.29) is 30.3 Å². The fourth-order valence-corrected chi connectivity index (χ4v) is 6.92. The van der Waals surface area contributed by atoms with Crippen LogP contribution in [0.15, 0.2) is 78.9 Å². The summed E-state index contributed by atoms with van der Waals surface area (Å²) in [4.78, 5) is 41.8. The normalized spacial score (nSPS) is 18.5. The van der Waals surface area contributed by atoms with Crippen molar-refractivity contribution in [1.82, 2.24) is 10.6 Å². The number of carbonyl (C=O) groups is 3. The second-order valence-corrected chi connectivity index (χ2v) is 11.9. The Morgan fingerprint density at radius 2 is 1.55 bits per heavy atom. The number of fused-ring (bicyclic) bond motifs is 3. The molecule has 0 saturated carbocycles. The molecule has 0 bridgehead atoms. The molecule has 8 heteroatoms. The van der Waals surface area contributed by atoms with E-state index in [0.29, 0.717) is 12.2 Å². The van der Waals surface area contributed by atoms with Crippen molar-refractivity contribution >= 4 is 35.4 Å². The second kappa shape index (κ2) is 11.8. The van der Waals surface area contributed by atoms with E-state index in [1.165, 1.54) is 0 Å². The van der Waals surface area contributed by atoms with Gasteiger partial charge in [0.1, 0.15) is 18.2 Å². The van der Waals surface area contributed by atoms with Crippen molar-refractivity contribution in [2.75, 3.05) is 30.1 Å². The number of carbonyl (C=O) groups excluding carboxylic acids is 3. The predicted molar refractivity (Wildman–Crippen MR) is 159 cm³/mol. The third-order valence-corrected chi connectivity index (χ3v) is 9.00. The molecule has 0 radical (unpaired) electrons. The van der Waals surface area contributed by atoms with E-state index >= 15 is 0 Å². The summed E-state index contributed by atoms with van der Waals surface area (Å²) in [7, 11) is 1.73. The molecule has 2 N–H and O–H groups in total. The quantitative estimate of drug-likeness (QED) is 0.397. The maximum absolute atomic E-state index is 13.7. The molecule has 0 aromatic heterocycles. The van der Waals surface area contributed by atoms with Crippen molar-refractivity contribution in [3.8, 4) is 11.1 Å². The van der Waals surface area contributed by atoms with Gasteiger partial charge in [-0.2, -0.15) is 11.8 Å². The summed E-state index contributed by atoms with van der Waals surface area (Å²) in [5, 5.41) is 5.81. The number of anilines is 1. The SMILES string of the molecule is CC(C)[C@H](NC(=O)OCC1c2ccccc2-c2ccccc21)C(=O)N[C@@]1(C(=O)N(C)c2ccccc2)CCSC1. The lowest BCUT2D eigenvalue weighted by Gasteiger charge is -2.34. The van der Waals surface area contributed by atoms with E-state index in [1.54, 1.807) is 23.7 Å². The Bertz CT molecular complexity index is 1340. The van der Waals surface area contributed by atoms with Gasteiger partial charge in [-0.1, -0.05) is 80.6 Å². The molecular formula is C32H35N3O4S. The molecule has 1 heterocycles. The molecule has 0 unspecified atom stereocenters. The Hall–Kier alpha value is -3.78. The summed E-state index contributed by atoms with van der Waals surface area (Å²) < 4.78 is 5.70. The first-order valence-corrected chi connectivity index (χ1v) is 14.8. The molecule has 1 aliphatic carbocycles. The minimum Gasteiger partial charge on any atom is -0.449 e. The van der Waals surface area contributed by atoms with Crippen LogP contribution in [0, 0.1) is 5.92 Å². The van der Waals surface area contributed by atoms with E-state index < -0.39 is 17.7 Å². The standard InChI is InChI=1S/C32H35N3O4S/c1-21(2)28(29(36)34-32(17-18-40-20-32)30(37)35(3)22-11-5-4-6-12-22)33-31(38)39-19-27-25-15-9-7-13-23(25)24-14-8-10-16-26(24)27/h4-16,21,27-28H,17-20H2,1-3H3,(H,33,38)(H,34,36)/t28-,32-/m0/s1. The van der Waals surface area contributed by atoms with Crippen LogP contribution >= 0.6 is 11.8 Å². The summed E-state index contributed by atoms with van der Waals surface area (Å²) in [5.74, 6) is 0.398. The molecule has 3 aromatic carbocycles. The zero-order chi connectivity index (χ0) is 28.3.